The minimum atomic E-state index is -0.134. The summed E-state index contributed by atoms with van der Waals surface area (Å²) >= 11 is 0. The second-order valence-electron chi connectivity index (χ2n) is 21.3. The smallest absolute Gasteiger partial charge is 0.257 e. The van der Waals surface area contributed by atoms with Crippen LogP contribution < -0.4 is 26.2 Å². The van der Waals surface area contributed by atoms with Gasteiger partial charge in [0, 0.05) is 55.5 Å². The molecule has 0 bridgehead atoms. The lowest BCUT2D eigenvalue weighted by Gasteiger charge is -2.43. The molecule has 67 heavy (non-hydrogen) atoms. The van der Waals surface area contributed by atoms with Crippen LogP contribution in [-0.2, 0) is 10.8 Å². The lowest BCUT2D eigenvalue weighted by molar-refractivity contribution is 0.589. The monoisotopic (exact) mass is 874 g/mol. The molecule has 0 unspecified atom stereocenters. The summed E-state index contributed by atoms with van der Waals surface area (Å²) in [5.74, 6) is 1.13. The minimum absolute atomic E-state index is 0.00522. The summed E-state index contributed by atoms with van der Waals surface area (Å²) in [4.78, 5) is 5.01. The van der Waals surface area contributed by atoms with E-state index in [9.17, 15) is 0 Å². The Kier molecular flexibility index (Phi) is 9.03. The Balaban J connectivity index is 1.20. The molecule has 2 aliphatic rings. The molecule has 7 aromatic carbocycles. The largest absolute Gasteiger partial charge is 0.464 e. The van der Waals surface area contributed by atoms with E-state index in [1.807, 2.05) is 36.8 Å². The third kappa shape index (κ3) is 6.36. The summed E-state index contributed by atoms with van der Waals surface area (Å²) in [7, 11) is 0. The fourth-order valence-electron chi connectivity index (χ4n) is 11.0. The Bertz CT molecular complexity index is 3620. The molecule has 0 saturated carbocycles. The molecule has 5 nitrogen and oxygen atoms in total. The second-order valence-corrected chi connectivity index (χ2v) is 21.3. The van der Waals surface area contributed by atoms with Gasteiger partial charge in [-0.15, -0.1) is 0 Å². The Morgan fingerprint density at radius 1 is 0.507 bits per heavy atom. The van der Waals surface area contributed by atoms with E-state index >= 15 is 0 Å². The summed E-state index contributed by atoms with van der Waals surface area (Å²) < 4.78 is 19.7. The van der Waals surface area contributed by atoms with E-state index in [1.54, 1.807) is 0 Å². The van der Waals surface area contributed by atoms with Gasteiger partial charge in [-0.25, -0.2) is 0 Å². The molecule has 0 radical (unpaired) electrons. The lowest BCUT2D eigenvalue weighted by atomic mass is 9.33. The van der Waals surface area contributed by atoms with E-state index in [1.165, 1.54) is 55.6 Å². The van der Waals surface area contributed by atoms with Crippen molar-refractivity contribution in [2.75, 3.05) is 9.80 Å². The maximum atomic E-state index is 7.33. The molecule has 6 heteroatoms. The third-order valence-electron chi connectivity index (χ3n) is 14.5. The number of hydrogen-bond donors (Lipinski definition) is 0. The van der Waals surface area contributed by atoms with Crippen molar-refractivity contribution >= 4 is 90.3 Å². The number of benzene rings is 7. The molecule has 330 valence electrons. The van der Waals surface area contributed by atoms with Crippen molar-refractivity contribution in [1.82, 2.24) is 0 Å². The zero-order chi connectivity index (χ0) is 46.3. The zero-order valence-electron chi connectivity index (χ0n) is 40.1. The molecule has 3 aromatic heterocycles. The maximum absolute atomic E-state index is 7.33. The number of aryl methyl sites for hydroxylation is 2. The highest BCUT2D eigenvalue weighted by Gasteiger charge is 2.47. The summed E-state index contributed by atoms with van der Waals surface area (Å²) in [6.45, 7) is 22.8. The summed E-state index contributed by atoms with van der Waals surface area (Å²) in [5.41, 5.74) is 22.6. The zero-order valence-corrected chi connectivity index (χ0v) is 40.1. The number of hydrogen-bond acceptors (Lipinski definition) is 5. The normalized spacial score (nSPS) is 13.6. The Hall–Kier alpha value is -7.18. The van der Waals surface area contributed by atoms with Gasteiger partial charge in [0.25, 0.3) is 6.71 Å². The topological polar surface area (TPSA) is 45.9 Å². The standard InChI is InChI=1S/C61H55BN2O3/c1-35(2)40-30-51-57-52(31-40)64(58-36(3)26-42(27-37(58)4)61(8,9)10)59-56(46-32-41(60(5,6)7)23-25-55(46)67-59)62(57)49-24-22-39(48-34-66-54-21-14-12-19-45(48)54)29-50(49)63(51)43-17-15-16-38(28-43)47-33-65-53-20-13-11-18-44(47)53/h11-35H,1-10H3. The molecule has 0 aliphatic carbocycles. The first-order valence-corrected chi connectivity index (χ1v) is 23.8. The predicted octanol–water partition coefficient (Wildman–Crippen LogP) is 15.7. The quantitative estimate of drug-likeness (QED) is 0.161. The van der Waals surface area contributed by atoms with Crippen LogP contribution in [0.3, 0.4) is 0 Å². The molecule has 0 N–H and O–H groups in total. The van der Waals surface area contributed by atoms with E-state index < -0.39 is 0 Å². The molecule has 10 aromatic rings. The molecule has 0 saturated heterocycles. The van der Waals surface area contributed by atoms with E-state index in [0.29, 0.717) is 0 Å². The van der Waals surface area contributed by atoms with Crippen LogP contribution in [0.2, 0.25) is 0 Å². The molecule has 0 amide bonds. The fourth-order valence-corrected chi connectivity index (χ4v) is 11.0. The van der Waals surface area contributed by atoms with Crippen LogP contribution in [0.15, 0.2) is 159 Å². The first kappa shape index (κ1) is 41.3. The highest BCUT2D eigenvalue weighted by atomic mass is 16.4. The van der Waals surface area contributed by atoms with Crippen LogP contribution >= 0.6 is 0 Å². The summed E-state index contributed by atoms with van der Waals surface area (Å²) in [5, 5.41) is 3.35. The van der Waals surface area contributed by atoms with Gasteiger partial charge in [0.1, 0.15) is 16.7 Å². The van der Waals surface area contributed by atoms with Gasteiger partial charge in [0.2, 0.25) is 5.88 Å². The third-order valence-corrected chi connectivity index (χ3v) is 14.5. The van der Waals surface area contributed by atoms with Crippen LogP contribution in [0.1, 0.15) is 89.1 Å². The van der Waals surface area contributed by atoms with Gasteiger partial charge in [0.05, 0.1) is 18.2 Å². The van der Waals surface area contributed by atoms with Crippen LogP contribution in [0.5, 0.6) is 0 Å². The van der Waals surface area contributed by atoms with Crippen molar-refractivity contribution in [2.24, 2.45) is 0 Å². The molecule has 5 heterocycles. The van der Waals surface area contributed by atoms with Gasteiger partial charge in [-0.05, 0) is 135 Å². The summed E-state index contributed by atoms with van der Waals surface area (Å²) in [6.07, 6.45) is 3.81. The van der Waals surface area contributed by atoms with E-state index in [4.69, 9.17) is 13.3 Å². The van der Waals surface area contributed by atoms with Crippen molar-refractivity contribution in [1.29, 1.82) is 0 Å². The van der Waals surface area contributed by atoms with E-state index in [2.05, 4.69) is 188 Å². The number of fused-ring (bicyclic) bond motifs is 8. The number of anilines is 6. The van der Waals surface area contributed by atoms with E-state index in [-0.39, 0.29) is 23.5 Å². The predicted molar refractivity (Wildman–Crippen MR) is 282 cm³/mol. The summed E-state index contributed by atoms with van der Waals surface area (Å²) in [6, 6.07) is 49.2. The van der Waals surface area contributed by atoms with Crippen molar-refractivity contribution in [2.45, 2.75) is 86.0 Å². The van der Waals surface area contributed by atoms with Gasteiger partial charge in [-0.1, -0.05) is 134 Å². The molecular formula is C61H55BN2O3. The Labute approximate surface area is 393 Å². The molecular weight excluding hydrogens is 819 g/mol. The number of nitrogens with zero attached hydrogens (tertiary/aromatic N) is 2. The van der Waals surface area contributed by atoms with Gasteiger partial charge in [-0.3, -0.25) is 4.90 Å². The first-order chi connectivity index (χ1) is 32.1. The first-order valence-electron chi connectivity index (χ1n) is 23.8. The molecule has 0 spiro atoms. The molecule has 2 aliphatic heterocycles. The van der Waals surface area contributed by atoms with Crippen LogP contribution in [0.25, 0.3) is 55.2 Å². The SMILES string of the molecule is Cc1cc(C(C)(C)C)cc(C)c1N1c2cc(C(C)C)cc3c2B(c2ccc(-c4coc5ccccc45)cc2N3c2cccc(-c3coc4ccccc34)c2)c2c1oc1ccc(C(C)(C)C)cc21. The molecule has 0 atom stereocenters. The fraction of sp³-hybridized carbons (Fsp3) is 0.213. The van der Waals surface area contributed by atoms with Crippen molar-refractivity contribution in [3.8, 4) is 22.3 Å². The van der Waals surface area contributed by atoms with Gasteiger partial charge in [0.15, 0.2) is 0 Å². The highest BCUT2D eigenvalue weighted by molar-refractivity contribution is 7.01. The number of rotatable bonds is 5. The van der Waals surface area contributed by atoms with Gasteiger partial charge < -0.3 is 18.2 Å². The van der Waals surface area contributed by atoms with Crippen LogP contribution in [0.4, 0.5) is 34.3 Å². The van der Waals surface area contributed by atoms with Crippen molar-refractivity contribution in [3.63, 3.8) is 0 Å². The number of furan rings is 3. The van der Waals surface area contributed by atoms with Crippen molar-refractivity contribution < 1.29 is 13.3 Å². The second kappa shape index (κ2) is 14.7. The Morgan fingerprint density at radius 3 is 1.75 bits per heavy atom. The van der Waals surface area contributed by atoms with E-state index in [0.717, 1.165) is 78.1 Å². The van der Waals surface area contributed by atoms with Gasteiger partial charge >= 0.3 is 0 Å². The van der Waals surface area contributed by atoms with Crippen molar-refractivity contribution in [3.05, 3.63) is 174 Å². The minimum Gasteiger partial charge on any atom is -0.464 e. The van der Waals surface area contributed by atoms with Crippen LogP contribution in [0, 0.1) is 13.8 Å². The Morgan fingerprint density at radius 2 is 1.12 bits per heavy atom. The molecule has 0 fully saturated rings. The van der Waals surface area contributed by atoms with Gasteiger partial charge in [-0.2, -0.15) is 0 Å². The lowest BCUT2D eigenvalue weighted by Crippen LogP contribution is -2.61. The average molecular weight is 875 g/mol. The number of para-hydroxylation sites is 2. The molecule has 12 rings (SSSR count). The van der Waals surface area contributed by atoms with Crippen LogP contribution in [-0.4, -0.2) is 6.71 Å². The highest BCUT2D eigenvalue weighted by Crippen LogP contribution is 2.50. The maximum Gasteiger partial charge on any atom is 0.257 e. The average Bonchev–Trinajstić information content (AvgIpc) is 4.04.